The van der Waals surface area contributed by atoms with Gasteiger partial charge in [0.05, 0.1) is 0 Å². The molecule has 1 N–H and O–H groups in total. The minimum Gasteiger partial charge on any atom is -0.316 e. The molecule has 1 heteroatoms. The first-order valence-electron chi connectivity index (χ1n) is 9.01. The summed E-state index contributed by atoms with van der Waals surface area (Å²) in [6, 6.07) is 9.36. The standard InChI is InChI=1S/C20H31N/c1-3-17-5-4-11-20(12-10-17)13-14-21-15-19(20)18-8-6-16(2)7-9-18/h6-9,17,19,21H,3-5,10-15H2,1-2H3. The van der Waals surface area contributed by atoms with Crippen molar-refractivity contribution in [3.63, 3.8) is 0 Å². The van der Waals surface area contributed by atoms with E-state index in [-0.39, 0.29) is 0 Å². The maximum absolute atomic E-state index is 3.67. The minimum absolute atomic E-state index is 0.574. The SMILES string of the molecule is CCC1CCCC2(CCNCC2c2ccc(C)cc2)CC1. The van der Waals surface area contributed by atoms with Crippen LogP contribution in [0.5, 0.6) is 0 Å². The van der Waals surface area contributed by atoms with Gasteiger partial charge in [0.1, 0.15) is 0 Å². The Hall–Kier alpha value is -0.820. The summed E-state index contributed by atoms with van der Waals surface area (Å²) >= 11 is 0. The summed E-state index contributed by atoms with van der Waals surface area (Å²) in [5, 5.41) is 3.67. The number of benzene rings is 1. The van der Waals surface area contributed by atoms with Gasteiger partial charge in [-0.1, -0.05) is 56.0 Å². The second-order valence-electron chi connectivity index (χ2n) is 7.48. The van der Waals surface area contributed by atoms with E-state index in [9.17, 15) is 0 Å². The van der Waals surface area contributed by atoms with Crippen LogP contribution in [0, 0.1) is 18.3 Å². The molecule has 1 saturated heterocycles. The van der Waals surface area contributed by atoms with Gasteiger partial charge in [0, 0.05) is 12.5 Å². The van der Waals surface area contributed by atoms with Gasteiger partial charge < -0.3 is 5.32 Å². The van der Waals surface area contributed by atoms with Crippen molar-refractivity contribution in [3.8, 4) is 0 Å². The predicted octanol–water partition coefficient (Wildman–Crippen LogP) is 5.05. The predicted molar refractivity (Wildman–Crippen MR) is 90.7 cm³/mol. The molecule has 21 heavy (non-hydrogen) atoms. The highest BCUT2D eigenvalue weighted by molar-refractivity contribution is 5.27. The molecule has 0 radical (unpaired) electrons. The lowest BCUT2D eigenvalue weighted by Gasteiger charge is -2.45. The third kappa shape index (κ3) is 3.18. The van der Waals surface area contributed by atoms with Crippen molar-refractivity contribution in [3.05, 3.63) is 35.4 Å². The van der Waals surface area contributed by atoms with E-state index in [4.69, 9.17) is 0 Å². The molecule has 3 unspecified atom stereocenters. The molecule has 3 rings (SSSR count). The van der Waals surface area contributed by atoms with Crippen molar-refractivity contribution < 1.29 is 0 Å². The van der Waals surface area contributed by atoms with Gasteiger partial charge in [-0.05, 0) is 56.0 Å². The summed E-state index contributed by atoms with van der Waals surface area (Å²) in [5.74, 6) is 1.71. The third-order valence-corrected chi connectivity index (χ3v) is 6.28. The summed E-state index contributed by atoms with van der Waals surface area (Å²) in [5.41, 5.74) is 3.52. The molecule has 1 aromatic carbocycles. The normalized spacial score (nSPS) is 33.8. The summed E-state index contributed by atoms with van der Waals surface area (Å²) in [6.07, 6.45) is 10.0. The van der Waals surface area contributed by atoms with E-state index >= 15 is 0 Å². The summed E-state index contributed by atoms with van der Waals surface area (Å²) in [4.78, 5) is 0. The molecule has 3 atom stereocenters. The summed E-state index contributed by atoms with van der Waals surface area (Å²) < 4.78 is 0. The fourth-order valence-corrected chi connectivity index (χ4v) is 4.76. The Morgan fingerprint density at radius 1 is 1.10 bits per heavy atom. The average molecular weight is 285 g/mol. The first-order chi connectivity index (χ1) is 10.2. The fraction of sp³-hybridized carbons (Fsp3) is 0.700. The molecule has 1 spiro atoms. The summed E-state index contributed by atoms with van der Waals surface area (Å²) in [6.45, 7) is 6.97. The Morgan fingerprint density at radius 2 is 1.90 bits per heavy atom. The van der Waals surface area contributed by atoms with E-state index in [1.54, 1.807) is 5.56 Å². The molecule has 2 fully saturated rings. The molecular formula is C20H31N. The first-order valence-corrected chi connectivity index (χ1v) is 9.01. The highest BCUT2D eigenvalue weighted by Gasteiger charge is 2.42. The van der Waals surface area contributed by atoms with Gasteiger partial charge in [0.15, 0.2) is 0 Å². The van der Waals surface area contributed by atoms with Crippen molar-refractivity contribution in [1.29, 1.82) is 0 Å². The molecule has 1 nitrogen and oxygen atoms in total. The molecule has 0 amide bonds. The molecule has 1 aromatic rings. The van der Waals surface area contributed by atoms with Crippen LogP contribution in [0.3, 0.4) is 0 Å². The molecule has 0 bridgehead atoms. The Kier molecular flexibility index (Phi) is 4.69. The van der Waals surface area contributed by atoms with Crippen LogP contribution in [0.15, 0.2) is 24.3 Å². The topological polar surface area (TPSA) is 12.0 Å². The lowest BCUT2D eigenvalue weighted by molar-refractivity contribution is 0.134. The van der Waals surface area contributed by atoms with Gasteiger partial charge in [-0.15, -0.1) is 0 Å². The second-order valence-corrected chi connectivity index (χ2v) is 7.48. The Labute approximate surface area is 130 Å². The fourth-order valence-electron chi connectivity index (χ4n) is 4.76. The molecule has 116 valence electrons. The number of nitrogens with one attached hydrogen (secondary N) is 1. The monoisotopic (exact) mass is 285 g/mol. The van der Waals surface area contributed by atoms with Crippen molar-refractivity contribution in [1.82, 2.24) is 5.32 Å². The lowest BCUT2D eigenvalue weighted by Crippen LogP contribution is -2.43. The van der Waals surface area contributed by atoms with Crippen molar-refractivity contribution in [2.75, 3.05) is 13.1 Å². The van der Waals surface area contributed by atoms with Gasteiger partial charge in [-0.3, -0.25) is 0 Å². The number of rotatable bonds is 2. The molecule has 1 heterocycles. The van der Waals surface area contributed by atoms with Gasteiger partial charge in [-0.2, -0.15) is 0 Å². The van der Waals surface area contributed by atoms with Crippen LogP contribution in [0.25, 0.3) is 0 Å². The molecular weight excluding hydrogens is 254 g/mol. The van der Waals surface area contributed by atoms with Crippen LogP contribution >= 0.6 is 0 Å². The van der Waals surface area contributed by atoms with Crippen LogP contribution in [0.4, 0.5) is 0 Å². The van der Waals surface area contributed by atoms with Crippen LogP contribution in [0.1, 0.15) is 68.9 Å². The third-order valence-electron chi connectivity index (χ3n) is 6.28. The smallest absolute Gasteiger partial charge is 0.00255 e. The van der Waals surface area contributed by atoms with E-state index in [1.165, 1.54) is 63.6 Å². The molecule has 1 aliphatic heterocycles. The highest BCUT2D eigenvalue weighted by Crippen LogP contribution is 2.51. The quantitative estimate of drug-likeness (QED) is 0.802. The van der Waals surface area contributed by atoms with E-state index in [0.29, 0.717) is 5.41 Å². The summed E-state index contributed by atoms with van der Waals surface area (Å²) in [7, 11) is 0. The van der Waals surface area contributed by atoms with Gasteiger partial charge in [-0.25, -0.2) is 0 Å². The van der Waals surface area contributed by atoms with Crippen LogP contribution in [0.2, 0.25) is 0 Å². The van der Waals surface area contributed by atoms with E-state index in [1.807, 2.05) is 0 Å². The Balaban J connectivity index is 1.84. The lowest BCUT2D eigenvalue weighted by atomic mass is 9.63. The number of hydrogen-bond donors (Lipinski definition) is 1. The van der Waals surface area contributed by atoms with Crippen molar-refractivity contribution >= 4 is 0 Å². The first kappa shape index (κ1) is 15.1. The van der Waals surface area contributed by atoms with Crippen LogP contribution < -0.4 is 5.32 Å². The van der Waals surface area contributed by atoms with E-state index < -0.39 is 0 Å². The Bertz CT molecular complexity index is 449. The second kappa shape index (κ2) is 6.52. The van der Waals surface area contributed by atoms with Crippen LogP contribution in [-0.2, 0) is 0 Å². The van der Waals surface area contributed by atoms with Gasteiger partial charge in [0.2, 0.25) is 0 Å². The van der Waals surface area contributed by atoms with E-state index in [0.717, 1.165) is 11.8 Å². The van der Waals surface area contributed by atoms with Crippen molar-refractivity contribution in [2.45, 2.75) is 64.7 Å². The zero-order chi connectivity index (χ0) is 14.7. The molecule has 2 aliphatic rings. The van der Waals surface area contributed by atoms with Gasteiger partial charge >= 0.3 is 0 Å². The Morgan fingerprint density at radius 3 is 2.67 bits per heavy atom. The number of piperidine rings is 1. The minimum atomic E-state index is 0.574. The molecule has 0 aromatic heterocycles. The largest absolute Gasteiger partial charge is 0.316 e. The zero-order valence-corrected chi connectivity index (χ0v) is 13.8. The van der Waals surface area contributed by atoms with E-state index in [2.05, 4.69) is 43.4 Å². The molecule has 1 aliphatic carbocycles. The van der Waals surface area contributed by atoms with Crippen molar-refractivity contribution in [2.24, 2.45) is 11.3 Å². The number of aryl methyl sites for hydroxylation is 1. The van der Waals surface area contributed by atoms with Gasteiger partial charge in [0.25, 0.3) is 0 Å². The molecule has 1 saturated carbocycles. The average Bonchev–Trinajstić information content (AvgIpc) is 2.72. The maximum atomic E-state index is 3.67. The zero-order valence-electron chi connectivity index (χ0n) is 13.8. The highest BCUT2D eigenvalue weighted by atomic mass is 14.9. The maximum Gasteiger partial charge on any atom is 0.00255 e. The number of hydrogen-bond acceptors (Lipinski definition) is 1. The van der Waals surface area contributed by atoms with Crippen LogP contribution in [-0.4, -0.2) is 13.1 Å².